The van der Waals surface area contributed by atoms with Crippen molar-refractivity contribution in [3.05, 3.63) is 47.0 Å². The van der Waals surface area contributed by atoms with Crippen LogP contribution < -0.4 is 10.6 Å². The molecule has 2 rings (SSSR count). The van der Waals surface area contributed by atoms with Crippen molar-refractivity contribution in [1.82, 2.24) is 20.2 Å². The number of imidazole rings is 1. The second-order valence-electron chi connectivity index (χ2n) is 4.39. The number of aromatic nitrogens is 2. The van der Waals surface area contributed by atoms with Gasteiger partial charge < -0.3 is 15.6 Å². The number of hydrogen-bond acceptors (Lipinski definition) is 3. The lowest BCUT2D eigenvalue weighted by atomic mass is 10.3. The molecule has 0 atom stereocenters. The normalized spacial score (nSPS) is 10.1. The van der Waals surface area contributed by atoms with Gasteiger partial charge in [-0.05, 0) is 24.4 Å². The third-order valence-electron chi connectivity index (χ3n) is 2.81. The first-order valence-corrected chi connectivity index (χ1v) is 6.89. The summed E-state index contributed by atoms with van der Waals surface area (Å²) in [5, 5.41) is 5.35. The van der Waals surface area contributed by atoms with Gasteiger partial charge in [0.25, 0.3) is 5.91 Å². The fraction of sp³-hybridized carbons (Fsp3) is 0.214. The maximum atomic E-state index is 12.2. The van der Waals surface area contributed by atoms with E-state index in [4.69, 9.17) is 12.2 Å². The molecule has 0 fully saturated rings. The first-order valence-electron chi connectivity index (χ1n) is 6.48. The molecule has 0 bridgehead atoms. The second kappa shape index (κ2) is 6.85. The Morgan fingerprint density at radius 3 is 2.52 bits per heavy atom. The molecule has 0 aliphatic heterocycles. The SMILES string of the molecule is CC(=O)NCCNC(=O)c1c[nH]c(=S)n1-c1ccccc1. The highest BCUT2D eigenvalue weighted by Crippen LogP contribution is 2.12. The highest BCUT2D eigenvalue weighted by atomic mass is 32.1. The van der Waals surface area contributed by atoms with Crippen LogP contribution >= 0.6 is 12.2 Å². The molecule has 0 radical (unpaired) electrons. The third kappa shape index (κ3) is 3.79. The van der Waals surface area contributed by atoms with E-state index in [1.165, 1.54) is 6.92 Å². The summed E-state index contributed by atoms with van der Waals surface area (Å²) in [5.41, 5.74) is 1.24. The summed E-state index contributed by atoms with van der Waals surface area (Å²) in [6, 6.07) is 9.40. The van der Waals surface area contributed by atoms with Crippen molar-refractivity contribution in [3.8, 4) is 5.69 Å². The molecule has 0 spiro atoms. The van der Waals surface area contributed by atoms with Crippen molar-refractivity contribution in [2.24, 2.45) is 0 Å². The van der Waals surface area contributed by atoms with Crippen molar-refractivity contribution in [3.63, 3.8) is 0 Å². The molecule has 1 aromatic heterocycles. The Bertz CT molecular complexity index is 690. The van der Waals surface area contributed by atoms with Gasteiger partial charge in [-0.3, -0.25) is 14.2 Å². The molecule has 0 saturated carbocycles. The first-order chi connectivity index (χ1) is 10.1. The number of nitrogens with one attached hydrogen (secondary N) is 3. The summed E-state index contributed by atoms with van der Waals surface area (Å²) in [7, 11) is 0. The zero-order valence-corrected chi connectivity index (χ0v) is 12.4. The van der Waals surface area contributed by atoms with Gasteiger partial charge in [0, 0.05) is 31.9 Å². The van der Waals surface area contributed by atoms with E-state index in [2.05, 4.69) is 15.6 Å². The van der Waals surface area contributed by atoms with Crippen LogP contribution in [0.2, 0.25) is 0 Å². The largest absolute Gasteiger partial charge is 0.355 e. The summed E-state index contributed by atoms with van der Waals surface area (Å²) in [4.78, 5) is 25.8. The van der Waals surface area contributed by atoms with Crippen LogP contribution in [0.1, 0.15) is 17.4 Å². The number of hydrogen-bond donors (Lipinski definition) is 3. The van der Waals surface area contributed by atoms with Crippen molar-refractivity contribution < 1.29 is 9.59 Å². The number of carbonyl (C=O) groups is 2. The molecule has 7 heteroatoms. The predicted octanol–water partition coefficient (Wildman–Crippen LogP) is 1.40. The van der Waals surface area contributed by atoms with Crippen molar-refractivity contribution in [2.75, 3.05) is 13.1 Å². The van der Waals surface area contributed by atoms with E-state index < -0.39 is 0 Å². The van der Waals surface area contributed by atoms with Crippen LogP contribution in [0.5, 0.6) is 0 Å². The molecular formula is C14H16N4O2S. The molecule has 1 aromatic carbocycles. The molecule has 0 saturated heterocycles. The van der Waals surface area contributed by atoms with E-state index >= 15 is 0 Å². The van der Waals surface area contributed by atoms with Crippen molar-refractivity contribution in [1.29, 1.82) is 0 Å². The Morgan fingerprint density at radius 2 is 1.86 bits per heavy atom. The molecule has 0 unspecified atom stereocenters. The molecule has 21 heavy (non-hydrogen) atoms. The van der Waals surface area contributed by atoms with E-state index in [0.29, 0.717) is 23.6 Å². The smallest absolute Gasteiger partial charge is 0.269 e. The summed E-state index contributed by atoms with van der Waals surface area (Å²) in [5.74, 6) is -0.380. The predicted molar refractivity (Wildman–Crippen MR) is 82.0 cm³/mol. The van der Waals surface area contributed by atoms with Crippen molar-refractivity contribution in [2.45, 2.75) is 6.92 Å². The molecular weight excluding hydrogens is 288 g/mol. The van der Waals surface area contributed by atoms with Gasteiger partial charge in [-0.15, -0.1) is 0 Å². The number of benzene rings is 1. The minimum absolute atomic E-state index is 0.127. The monoisotopic (exact) mass is 304 g/mol. The Balaban J connectivity index is 2.12. The number of rotatable bonds is 5. The van der Waals surface area contributed by atoms with Crippen LogP contribution in [0.15, 0.2) is 36.5 Å². The van der Waals surface area contributed by atoms with Gasteiger partial charge >= 0.3 is 0 Å². The summed E-state index contributed by atoms with van der Waals surface area (Å²) < 4.78 is 2.12. The third-order valence-corrected chi connectivity index (χ3v) is 3.11. The number of amides is 2. The first kappa shape index (κ1) is 15.0. The zero-order chi connectivity index (χ0) is 15.2. The highest BCUT2D eigenvalue weighted by Gasteiger charge is 2.13. The average Bonchev–Trinajstić information content (AvgIpc) is 2.86. The van der Waals surface area contributed by atoms with Crippen LogP contribution in [0.3, 0.4) is 0 Å². The fourth-order valence-electron chi connectivity index (χ4n) is 1.87. The zero-order valence-electron chi connectivity index (χ0n) is 11.6. The Morgan fingerprint density at radius 1 is 1.19 bits per heavy atom. The quantitative estimate of drug-likeness (QED) is 0.577. The lowest BCUT2D eigenvalue weighted by Gasteiger charge is -2.09. The number of nitrogens with zero attached hydrogens (tertiary/aromatic N) is 1. The van der Waals surface area contributed by atoms with Crippen LogP contribution in [0.25, 0.3) is 5.69 Å². The van der Waals surface area contributed by atoms with Gasteiger partial charge in [0.2, 0.25) is 5.91 Å². The number of carbonyl (C=O) groups excluding carboxylic acids is 2. The Hall–Kier alpha value is -2.41. The van der Waals surface area contributed by atoms with Crippen molar-refractivity contribution >= 4 is 24.0 Å². The highest BCUT2D eigenvalue weighted by molar-refractivity contribution is 7.71. The molecule has 0 aliphatic rings. The summed E-state index contributed by atoms with van der Waals surface area (Å²) in [6.07, 6.45) is 1.57. The molecule has 2 aromatic rings. The topological polar surface area (TPSA) is 78.9 Å². The van der Waals surface area contributed by atoms with Gasteiger partial charge in [0.05, 0.1) is 0 Å². The van der Waals surface area contributed by atoms with Gasteiger partial charge in [-0.2, -0.15) is 0 Å². The molecule has 0 aliphatic carbocycles. The number of aromatic amines is 1. The average molecular weight is 304 g/mol. The maximum Gasteiger partial charge on any atom is 0.269 e. The van der Waals surface area contributed by atoms with Gasteiger partial charge in [-0.1, -0.05) is 18.2 Å². The molecule has 3 N–H and O–H groups in total. The minimum atomic E-state index is -0.253. The summed E-state index contributed by atoms with van der Waals surface area (Å²) >= 11 is 5.21. The Labute approximate surface area is 127 Å². The summed E-state index contributed by atoms with van der Waals surface area (Å²) in [6.45, 7) is 2.17. The van der Waals surface area contributed by atoms with Crippen LogP contribution in [-0.2, 0) is 4.79 Å². The van der Waals surface area contributed by atoms with E-state index in [1.54, 1.807) is 10.8 Å². The lowest BCUT2D eigenvalue weighted by Crippen LogP contribution is -2.34. The van der Waals surface area contributed by atoms with Crippen LogP contribution in [-0.4, -0.2) is 34.5 Å². The number of H-pyrrole nitrogens is 1. The van der Waals surface area contributed by atoms with Gasteiger partial charge in [0.15, 0.2) is 4.77 Å². The molecule has 2 amide bonds. The minimum Gasteiger partial charge on any atom is -0.355 e. The van der Waals surface area contributed by atoms with Gasteiger partial charge in [0.1, 0.15) is 5.69 Å². The van der Waals surface area contributed by atoms with Crippen LogP contribution in [0.4, 0.5) is 0 Å². The van der Waals surface area contributed by atoms with E-state index in [-0.39, 0.29) is 11.8 Å². The lowest BCUT2D eigenvalue weighted by molar-refractivity contribution is -0.118. The standard InChI is InChI=1S/C14H16N4O2S/c1-10(19)15-7-8-16-13(20)12-9-17-14(21)18(12)11-5-3-2-4-6-11/h2-6,9H,7-8H2,1H3,(H,15,19)(H,16,20)(H,17,21). The van der Waals surface area contributed by atoms with E-state index in [1.807, 2.05) is 30.3 Å². The second-order valence-corrected chi connectivity index (χ2v) is 4.78. The van der Waals surface area contributed by atoms with Crippen LogP contribution in [0, 0.1) is 4.77 Å². The molecule has 1 heterocycles. The Kier molecular flexibility index (Phi) is 4.89. The van der Waals surface area contributed by atoms with E-state index in [9.17, 15) is 9.59 Å². The fourth-order valence-corrected chi connectivity index (χ4v) is 2.14. The van der Waals surface area contributed by atoms with Gasteiger partial charge in [-0.25, -0.2) is 0 Å². The molecule has 6 nitrogen and oxygen atoms in total. The number of para-hydroxylation sites is 1. The van der Waals surface area contributed by atoms with E-state index in [0.717, 1.165) is 5.69 Å². The molecule has 110 valence electrons. The maximum absolute atomic E-state index is 12.2.